The van der Waals surface area contributed by atoms with Gasteiger partial charge in [0.25, 0.3) is 11.1 Å². The number of amides is 2. The lowest BCUT2D eigenvalue weighted by molar-refractivity contribution is -0.123. The van der Waals surface area contributed by atoms with E-state index in [-0.39, 0.29) is 23.6 Å². The van der Waals surface area contributed by atoms with Crippen molar-refractivity contribution in [2.75, 3.05) is 13.7 Å². The van der Waals surface area contributed by atoms with Gasteiger partial charge in [-0.2, -0.15) is 0 Å². The van der Waals surface area contributed by atoms with Gasteiger partial charge in [0.1, 0.15) is 12.4 Å². The summed E-state index contributed by atoms with van der Waals surface area (Å²) in [6.45, 7) is 3.76. The first-order valence-corrected chi connectivity index (χ1v) is 9.26. The number of benzene rings is 2. The van der Waals surface area contributed by atoms with Crippen molar-refractivity contribution in [1.82, 2.24) is 4.90 Å². The van der Waals surface area contributed by atoms with Gasteiger partial charge >= 0.3 is 0 Å². The number of carbonyl (C=O) groups excluding carboxylic acids is 2. The normalized spacial score (nSPS) is 15.2. The molecule has 5 nitrogen and oxygen atoms in total. The second-order valence-corrected chi connectivity index (χ2v) is 6.83. The summed E-state index contributed by atoms with van der Waals surface area (Å²) >= 11 is 0.807. The van der Waals surface area contributed by atoms with Crippen LogP contribution in [0.4, 0.5) is 9.18 Å². The van der Waals surface area contributed by atoms with Crippen molar-refractivity contribution < 1.29 is 23.5 Å². The summed E-state index contributed by atoms with van der Waals surface area (Å²) in [7, 11) is 1.52. The fourth-order valence-electron chi connectivity index (χ4n) is 2.68. The molecule has 144 valence electrons. The maximum atomic E-state index is 13.9. The standard InChI is InChI=1S/C21H18FNO4S/c1-3-11-27-19-14(8-6-10-17(19)26-2)12-18-20(24)23(21(25)28-18)13-15-7-4-5-9-16(15)22/h3-10,12H,1,11,13H2,2H3/b18-12-. The molecule has 3 rings (SSSR count). The molecule has 0 atom stereocenters. The van der Waals surface area contributed by atoms with E-state index in [1.165, 1.54) is 13.2 Å². The minimum atomic E-state index is -0.476. The number of methoxy groups -OCH3 is 1. The monoisotopic (exact) mass is 399 g/mol. The number of hydrogen-bond donors (Lipinski definition) is 0. The number of para-hydroxylation sites is 1. The summed E-state index contributed by atoms with van der Waals surface area (Å²) < 4.78 is 24.9. The van der Waals surface area contributed by atoms with Crippen LogP contribution in [0.25, 0.3) is 6.08 Å². The Bertz CT molecular complexity index is 957. The first-order valence-electron chi connectivity index (χ1n) is 8.44. The number of thioether (sulfide) groups is 1. The lowest BCUT2D eigenvalue weighted by Gasteiger charge is -2.13. The van der Waals surface area contributed by atoms with E-state index >= 15 is 0 Å². The van der Waals surface area contributed by atoms with Gasteiger partial charge in [0.05, 0.1) is 18.6 Å². The second-order valence-electron chi connectivity index (χ2n) is 5.84. The van der Waals surface area contributed by atoms with Crippen LogP contribution >= 0.6 is 11.8 Å². The Morgan fingerprint density at radius 3 is 2.68 bits per heavy atom. The highest BCUT2D eigenvalue weighted by Crippen LogP contribution is 2.38. The predicted molar refractivity (Wildman–Crippen MR) is 107 cm³/mol. The molecule has 2 amide bonds. The molecule has 0 N–H and O–H groups in total. The van der Waals surface area contributed by atoms with E-state index < -0.39 is 17.0 Å². The third-order valence-electron chi connectivity index (χ3n) is 4.02. The highest BCUT2D eigenvalue weighted by molar-refractivity contribution is 8.18. The fraction of sp³-hybridized carbons (Fsp3) is 0.143. The van der Waals surface area contributed by atoms with Crippen LogP contribution in [0.1, 0.15) is 11.1 Å². The molecule has 0 unspecified atom stereocenters. The Kier molecular flexibility index (Phi) is 6.16. The Balaban J connectivity index is 1.90. The zero-order valence-corrected chi connectivity index (χ0v) is 16.0. The number of imide groups is 1. The molecule has 0 aliphatic carbocycles. The summed E-state index contributed by atoms with van der Waals surface area (Å²) in [6, 6.07) is 11.3. The van der Waals surface area contributed by atoms with E-state index in [9.17, 15) is 14.0 Å². The number of rotatable bonds is 7. The number of ether oxygens (including phenoxy) is 2. The molecule has 1 aliphatic rings. The summed E-state index contributed by atoms with van der Waals surface area (Å²) in [5, 5.41) is -0.448. The maximum Gasteiger partial charge on any atom is 0.293 e. The van der Waals surface area contributed by atoms with Crippen molar-refractivity contribution in [1.29, 1.82) is 0 Å². The molecule has 0 radical (unpaired) electrons. The number of hydrogen-bond acceptors (Lipinski definition) is 5. The van der Waals surface area contributed by atoms with Crippen LogP contribution in [-0.2, 0) is 11.3 Å². The van der Waals surface area contributed by atoms with Crippen molar-refractivity contribution in [3.8, 4) is 11.5 Å². The first-order chi connectivity index (χ1) is 13.5. The van der Waals surface area contributed by atoms with Crippen LogP contribution in [0.5, 0.6) is 11.5 Å². The Hall–Kier alpha value is -3.06. The van der Waals surface area contributed by atoms with Gasteiger partial charge in [-0.15, -0.1) is 0 Å². The summed E-state index contributed by atoms with van der Waals surface area (Å²) in [6.07, 6.45) is 3.17. The van der Waals surface area contributed by atoms with Crippen LogP contribution in [0, 0.1) is 5.82 Å². The Morgan fingerprint density at radius 2 is 1.96 bits per heavy atom. The molecule has 1 heterocycles. The molecule has 28 heavy (non-hydrogen) atoms. The predicted octanol–water partition coefficient (Wildman–Crippen LogP) is 4.64. The van der Waals surface area contributed by atoms with Crippen LogP contribution in [-0.4, -0.2) is 29.8 Å². The topological polar surface area (TPSA) is 55.8 Å². The van der Waals surface area contributed by atoms with E-state index in [2.05, 4.69) is 6.58 Å². The maximum absolute atomic E-state index is 13.9. The van der Waals surface area contributed by atoms with Crippen molar-refractivity contribution in [3.63, 3.8) is 0 Å². The van der Waals surface area contributed by atoms with Crippen LogP contribution < -0.4 is 9.47 Å². The van der Waals surface area contributed by atoms with Gasteiger partial charge in [-0.25, -0.2) is 4.39 Å². The van der Waals surface area contributed by atoms with Crippen LogP contribution in [0.2, 0.25) is 0 Å². The van der Waals surface area contributed by atoms with E-state index in [4.69, 9.17) is 9.47 Å². The fourth-order valence-corrected chi connectivity index (χ4v) is 3.51. The molecule has 0 aromatic heterocycles. The molecule has 0 spiro atoms. The largest absolute Gasteiger partial charge is 0.493 e. The molecule has 7 heteroatoms. The first kappa shape index (κ1) is 19.7. The van der Waals surface area contributed by atoms with Gasteiger partial charge in [0.15, 0.2) is 11.5 Å². The highest BCUT2D eigenvalue weighted by Gasteiger charge is 2.35. The smallest absolute Gasteiger partial charge is 0.293 e. The lowest BCUT2D eigenvalue weighted by atomic mass is 10.1. The zero-order chi connectivity index (χ0) is 20.1. The minimum absolute atomic E-state index is 0.118. The second kappa shape index (κ2) is 8.75. The zero-order valence-electron chi connectivity index (χ0n) is 15.2. The summed E-state index contributed by atoms with van der Waals surface area (Å²) in [4.78, 5) is 26.3. The van der Waals surface area contributed by atoms with E-state index in [0.29, 0.717) is 17.1 Å². The molecular formula is C21H18FNO4S. The van der Waals surface area contributed by atoms with E-state index in [0.717, 1.165) is 16.7 Å². The molecule has 2 aromatic carbocycles. The van der Waals surface area contributed by atoms with Gasteiger partial charge in [-0.1, -0.05) is 43.0 Å². The average molecular weight is 399 g/mol. The molecule has 2 aromatic rings. The van der Waals surface area contributed by atoms with E-state index in [1.54, 1.807) is 48.6 Å². The number of nitrogens with zero attached hydrogens (tertiary/aromatic N) is 1. The van der Waals surface area contributed by atoms with Crippen molar-refractivity contribution in [2.24, 2.45) is 0 Å². The molecular weight excluding hydrogens is 381 g/mol. The van der Waals surface area contributed by atoms with Gasteiger partial charge in [-0.3, -0.25) is 14.5 Å². The van der Waals surface area contributed by atoms with Crippen LogP contribution in [0.15, 0.2) is 60.0 Å². The van der Waals surface area contributed by atoms with Gasteiger partial charge in [0.2, 0.25) is 0 Å². The minimum Gasteiger partial charge on any atom is -0.493 e. The summed E-state index contributed by atoms with van der Waals surface area (Å²) in [5.41, 5.74) is 0.875. The highest BCUT2D eigenvalue weighted by atomic mass is 32.2. The van der Waals surface area contributed by atoms with Crippen LogP contribution in [0.3, 0.4) is 0 Å². The third kappa shape index (κ3) is 4.09. The molecule has 0 saturated carbocycles. The third-order valence-corrected chi connectivity index (χ3v) is 4.93. The molecule has 0 bridgehead atoms. The Morgan fingerprint density at radius 1 is 1.18 bits per heavy atom. The number of carbonyl (C=O) groups is 2. The molecule has 1 fully saturated rings. The molecule has 1 saturated heterocycles. The molecule has 1 aliphatic heterocycles. The number of halogens is 1. The van der Waals surface area contributed by atoms with E-state index in [1.807, 2.05) is 0 Å². The van der Waals surface area contributed by atoms with Crippen molar-refractivity contribution in [3.05, 3.63) is 77.0 Å². The average Bonchev–Trinajstić information content (AvgIpc) is 2.95. The van der Waals surface area contributed by atoms with Gasteiger partial charge in [-0.05, 0) is 30.0 Å². The van der Waals surface area contributed by atoms with Crippen molar-refractivity contribution >= 4 is 29.0 Å². The lowest BCUT2D eigenvalue weighted by Crippen LogP contribution is -2.27. The van der Waals surface area contributed by atoms with Gasteiger partial charge < -0.3 is 9.47 Å². The van der Waals surface area contributed by atoms with Gasteiger partial charge in [0, 0.05) is 11.1 Å². The van der Waals surface area contributed by atoms with Crippen molar-refractivity contribution in [2.45, 2.75) is 6.54 Å². The quantitative estimate of drug-likeness (QED) is 0.502. The Labute approximate surface area is 166 Å². The SMILES string of the molecule is C=CCOc1c(/C=C2\SC(=O)N(Cc3ccccc3F)C2=O)cccc1OC. The summed E-state index contributed by atoms with van der Waals surface area (Å²) in [5.74, 6) is 0.0150.